The van der Waals surface area contributed by atoms with Crippen LogP contribution in [-0.2, 0) is 16.0 Å². The summed E-state index contributed by atoms with van der Waals surface area (Å²) >= 11 is 0. The van der Waals surface area contributed by atoms with Crippen LogP contribution in [0.1, 0.15) is 12.0 Å². The average molecular weight is 279 g/mol. The number of amides is 2. The van der Waals surface area contributed by atoms with E-state index < -0.39 is 6.04 Å². The van der Waals surface area contributed by atoms with Gasteiger partial charge >= 0.3 is 0 Å². The number of halogens is 1. The molecule has 2 rings (SSSR count). The Hall–Kier alpha value is -1.95. The number of hydrogen-bond acceptors (Lipinski definition) is 3. The maximum Gasteiger partial charge on any atom is 0.239 e. The highest BCUT2D eigenvalue weighted by atomic mass is 19.1. The second-order valence-corrected chi connectivity index (χ2v) is 4.86. The molecular weight excluding hydrogens is 261 g/mol. The molecule has 1 saturated heterocycles. The lowest BCUT2D eigenvalue weighted by molar-refractivity contribution is -0.132. The van der Waals surface area contributed by atoms with E-state index in [0.29, 0.717) is 32.5 Å². The molecule has 1 aromatic carbocycles. The standard InChI is InChI=1S/C14H18FN3O2/c15-11-3-1-10(2-4-11)9-12(16)14(20)18-7-5-13(19)17-6-8-18/h1-4,12H,5-9,16H2,(H,17,19). The van der Waals surface area contributed by atoms with Crippen LogP contribution in [0.4, 0.5) is 4.39 Å². The Bertz CT molecular complexity index is 490. The minimum absolute atomic E-state index is 0.0487. The van der Waals surface area contributed by atoms with E-state index in [1.807, 2.05) is 0 Å². The molecule has 0 radical (unpaired) electrons. The number of carbonyl (C=O) groups is 2. The van der Waals surface area contributed by atoms with E-state index in [4.69, 9.17) is 5.73 Å². The zero-order valence-electron chi connectivity index (χ0n) is 11.1. The van der Waals surface area contributed by atoms with Gasteiger partial charge in [0.1, 0.15) is 5.82 Å². The van der Waals surface area contributed by atoms with Gasteiger partial charge in [-0.15, -0.1) is 0 Å². The van der Waals surface area contributed by atoms with E-state index >= 15 is 0 Å². The summed E-state index contributed by atoms with van der Waals surface area (Å²) in [7, 11) is 0. The smallest absolute Gasteiger partial charge is 0.239 e. The quantitative estimate of drug-likeness (QED) is 0.820. The van der Waals surface area contributed by atoms with Crippen molar-refractivity contribution in [3.8, 4) is 0 Å². The summed E-state index contributed by atoms with van der Waals surface area (Å²) in [5.74, 6) is -0.538. The van der Waals surface area contributed by atoms with Crippen molar-refractivity contribution in [3.05, 3.63) is 35.6 Å². The lowest BCUT2D eigenvalue weighted by Gasteiger charge is -2.23. The second-order valence-electron chi connectivity index (χ2n) is 4.86. The first-order valence-corrected chi connectivity index (χ1v) is 6.62. The van der Waals surface area contributed by atoms with Gasteiger partial charge in [0.15, 0.2) is 0 Å². The van der Waals surface area contributed by atoms with E-state index in [0.717, 1.165) is 5.56 Å². The van der Waals surface area contributed by atoms with Crippen molar-refractivity contribution in [3.63, 3.8) is 0 Å². The number of nitrogens with zero attached hydrogens (tertiary/aromatic N) is 1. The van der Waals surface area contributed by atoms with Crippen LogP contribution >= 0.6 is 0 Å². The van der Waals surface area contributed by atoms with Crippen LogP contribution in [0.15, 0.2) is 24.3 Å². The summed E-state index contributed by atoms with van der Waals surface area (Å²) in [5, 5.41) is 2.71. The molecule has 0 aliphatic carbocycles. The number of nitrogens with two attached hydrogens (primary N) is 1. The lowest BCUT2D eigenvalue weighted by Crippen LogP contribution is -2.46. The third-order valence-electron chi connectivity index (χ3n) is 3.31. The summed E-state index contributed by atoms with van der Waals surface area (Å²) < 4.78 is 12.8. The molecule has 0 aromatic heterocycles. The third kappa shape index (κ3) is 3.77. The van der Waals surface area contributed by atoms with Crippen LogP contribution in [0.3, 0.4) is 0 Å². The monoisotopic (exact) mass is 279 g/mol. The van der Waals surface area contributed by atoms with Crippen molar-refractivity contribution in [2.24, 2.45) is 5.73 Å². The highest BCUT2D eigenvalue weighted by molar-refractivity contribution is 5.83. The third-order valence-corrected chi connectivity index (χ3v) is 3.31. The minimum atomic E-state index is -0.673. The molecule has 1 aliphatic heterocycles. The fourth-order valence-corrected chi connectivity index (χ4v) is 2.18. The Kier molecular flexibility index (Phi) is 4.68. The van der Waals surface area contributed by atoms with Crippen molar-refractivity contribution in [2.75, 3.05) is 19.6 Å². The van der Waals surface area contributed by atoms with E-state index in [1.54, 1.807) is 17.0 Å². The van der Waals surface area contributed by atoms with Crippen molar-refractivity contribution in [2.45, 2.75) is 18.9 Å². The summed E-state index contributed by atoms with van der Waals surface area (Å²) in [5.41, 5.74) is 6.73. The SMILES string of the molecule is NC(Cc1ccc(F)cc1)C(=O)N1CCNC(=O)CC1. The highest BCUT2D eigenvalue weighted by Gasteiger charge is 2.23. The number of rotatable bonds is 3. The zero-order chi connectivity index (χ0) is 14.5. The molecule has 2 amide bonds. The first-order chi connectivity index (χ1) is 9.56. The van der Waals surface area contributed by atoms with Gasteiger partial charge in [0.25, 0.3) is 0 Å². The van der Waals surface area contributed by atoms with Gasteiger partial charge < -0.3 is 16.0 Å². The predicted octanol–water partition coefficient (Wildman–Crippen LogP) is 0.0440. The molecule has 1 unspecified atom stereocenters. The molecule has 5 nitrogen and oxygen atoms in total. The maximum absolute atomic E-state index is 12.8. The summed E-state index contributed by atoms with van der Waals surface area (Å²) in [6.45, 7) is 1.32. The Balaban J connectivity index is 1.94. The number of benzene rings is 1. The Labute approximate surface area is 116 Å². The number of hydrogen-bond donors (Lipinski definition) is 2. The number of nitrogens with one attached hydrogen (secondary N) is 1. The van der Waals surface area contributed by atoms with Crippen molar-refractivity contribution in [1.29, 1.82) is 0 Å². The van der Waals surface area contributed by atoms with Crippen molar-refractivity contribution < 1.29 is 14.0 Å². The van der Waals surface area contributed by atoms with Crippen LogP contribution < -0.4 is 11.1 Å². The van der Waals surface area contributed by atoms with Gasteiger partial charge in [-0.25, -0.2) is 4.39 Å². The molecule has 0 saturated carbocycles. The Morgan fingerprint density at radius 2 is 2.05 bits per heavy atom. The van der Waals surface area contributed by atoms with E-state index in [2.05, 4.69) is 5.32 Å². The molecule has 1 heterocycles. The first-order valence-electron chi connectivity index (χ1n) is 6.62. The van der Waals surface area contributed by atoms with Gasteiger partial charge in [-0.3, -0.25) is 9.59 Å². The van der Waals surface area contributed by atoms with E-state index in [-0.39, 0.29) is 17.6 Å². The molecule has 1 aliphatic rings. The number of carbonyl (C=O) groups excluding carboxylic acids is 2. The van der Waals surface area contributed by atoms with Gasteiger partial charge in [0, 0.05) is 26.1 Å². The highest BCUT2D eigenvalue weighted by Crippen LogP contribution is 2.07. The molecule has 1 aromatic rings. The zero-order valence-corrected chi connectivity index (χ0v) is 11.1. The van der Waals surface area contributed by atoms with E-state index in [9.17, 15) is 14.0 Å². The van der Waals surface area contributed by atoms with Crippen LogP contribution in [0, 0.1) is 5.82 Å². The van der Waals surface area contributed by atoms with Crippen LogP contribution in [0.5, 0.6) is 0 Å². The molecule has 6 heteroatoms. The van der Waals surface area contributed by atoms with Gasteiger partial charge in [-0.1, -0.05) is 12.1 Å². The summed E-state index contributed by atoms with van der Waals surface area (Å²) in [6, 6.07) is 5.27. The Morgan fingerprint density at radius 1 is 1.35 bits per heavy atom. The molecular formula is C14H18FN3O2. The van der Waals surface area contributed by atoms with Gasteiger partial charge in [0.2, 0.25) is 11.8 Å². The van der Waals surface area contributed by atoms with Crippen LogP contribution in [-0.4, -0.2) is 42.4 Å². The van der Waals surface area contributed by atoms with Crippen LogP contribution in [0.2, 0.25) is 0 Å². The van der Waals surface area contributed by atoms with Crippen LogP contribution in [0.25, 0.3) is 0 Å². The minimum Gasteiger partial charge on any atom is -0.354 e. The fraction of sp³-hybridized carbons (Fsp3) is 0.429. The molecule has 0 bridgehead atoms. The largest absolute Gasteiger partial charge is 0.354 e. The molecule has 0 spiro atoms. The van der Waals surface area contributed by atoms with Gasteiger partial charge in [0.05, 0.1) is 6.04 Å². The van der Waals surface area contributed by atoms with Crippen molar-refractivity contribution >= 4 is 11.8 Å². The lowest BCUT2D eigenvalue weighted by atomic mass is 10.1. The summed E-state index contributed by atoms with van der Waals surface area (Å²) in [4.78, 5) is 25.0. The van der Waals surface area contributed by atoms with E-state index in [1.165, 1.54) is 12.1 Å². The predicted molar refractivity (Wildman–Crippen MR) is 72.3 cm³/mol. The second kappa shape index (κ2) is 6.47. The van der Waals surface area contributed by atoms with Crippen molar-refractivity contribution in [1.82, 2.24) is 10.2 Å². The molecule has 1 atom stereocenters. The normalized spacial score (nSPS) is 17.3. The average Bonchev–Trinajstić information content (AvgIpc) is 2.65. The molecule has 20 heavy (non-hydrogen) atoms. The fourth-order valence-electron chi connectivity index (χ4n) is 2.18. The maximum atomic E-state index is 12.8. The first kappa shape index (κ1) is 14.5. The molecule has 3 N–H and O–H groups in total. The Morgan fingerprint density at radius 3 is 2.75 bits per heavy atom. The van der Waals surface area contributed by atoms with Gasteiger partial charge in [-0.05, 0) is 24.1 Å². The summed E-state index contributed by atoms with van der Waals surface area (Å²) in [6.07, 6.45) is 0.659. The topological polar surface area (TPSA) is 75.4 Å². The molecule has 1 fully saturated rings. The molecule has 108 valence electrons. The van der Waals surface area contributed by atoms with Gasteiger partial charge in [-0.2, -0.15) is 0 Å².